The van der Waals surface area contributed by atoms with Crippen LogP contribution in [-0.4, -0.2) is 68.4 Å². The molecule has 5 rings (SSSR count). The van der Waals surface area contributed by atoms with Crippen molar-refractivity contribution in [3.63, 3.8) is 0 Å². The monoisotopic (exact) mass is 598 g/mol. The summed E-state index contributed by atoms with van der Waals surface area (Å²) in [6.07, 6.45) is 7.00. The molecule has 1 unspecified atom stereocenters. The zero-order chi connectivity index (χ0) is 24.8. The lowest BCUT2D eigenvalue weighted by Gasteiger charge is -2.43. The summed E-state index contributed by atoms with van der Waals surface area (Å²) in [5.41, 5.74) is 0.872. The number of fused-ring (bicyclic) bond motifs is 1. The van der Waals surface area contributed by atoms with Gasteiger partial charge >= 0.3 is 6.09 Å². The molecule has 0 bridgehead atoms. The Kier molecular flexibility index (Phi) is 6.86. The molecule has 2 saturated heterocycles. The van der Waals surface area contributed by atoms with Gasteiger partial charge in [-0.3, -0.25) is 0 Å². The Balaban J connectivity index is 1.31. The second-order valence-corrected chi connectivity index (χ2v) is 12.1. The van der Waals surface area contributed by atoms with Crippen LogP contribution in [-0.2, 0) is 9.47 Å². The minimum atomic E-state index is -0.553. The lowest BCUT2D eigenvalue weighted by molar-refractivity contribution is -0.0372. The van der Waals surface area contributed by atoms with Crippen molar-refractivity contribution in [1.29, 1.82) is 0 Å². The molecule has 3 aliphatic rings. The number of halogens is 1. The fraction of sp³-hybridized carbons (Fsp3) is 0.750. The number of carbonyl (C=O) groups is 1. The summed E-state index contributed by atoms with van der Waals surface area (Å²) in [5.74, 6) is 0.830. The normalized spacial score (nSPS) is 26.9. The van der Waals surface area contributed by atoms with Gasteiger partial charge in [0, 0.05) is 25.7 Å². The fourth-order valence-electron chi connectivity index (χ4n) is 5.75. The number of hydrogen-bond acceptors (Lipinski definition) is 8. The highest BCUT2D eigenvalue weighted by molar-refractivity contribution is 14.1. The predicted octanol–water partition coefficient (Wildman–Crippen LogP) is 3.76. The van der Waals surface area contributed by atoms with E-state index in [1.807, 2.05) is 31.6 Å². The molecule has 0 aromatic carbocycles. The molecule has 1 spiro atoms. The molecule has 192 valence electrons. The molecule has 2 aromatic rings. The van der Waals surface area contributed by atoms with Gasteiger partial charge in [0.1, 0.15) is 16.9 Å². The number of carbonyl (C=O) groups excluding carboxylic acids is 1. The van der Waals surface area contributed by atoms with Gasteiger partial charge in [-0.25, -0.2) is 19.4 Å². The molecule has 3 fully saturated rings. The highest BCUT2D eigenvalue weighted by Gasteiger charge is 2.49. The standard InChI is InChI=1S/C24H35IN6O4/c1-23(2,3)35-22(33)27-16-12-15(32)13-24(16)7-9-30(10-8-24)17-14-26-19-20(25)29-31(21(19)28-17)18-6-4-5-11-34-18/h14-16,18,32H,4-13H2,1-3H3,(H,27,33)/t15-,16+,18?/m0/s1. The number of aliphatic hydroxyl groups excluding tert-OH is 1. The number of nitrogens with one attached hydrogen (secondary N) is 1. The first kappa shape index (κ1) is 24.9. The Morgan fingerprint density at radius 2 is 2.09 bits per heavy atom. The van der Waals surface area contributed by atoms with Gasteiger partial charge in [0.05, 0.1) is 12.3 Å². The van der Waals surface area contributed by atoms with Gasteiger partial charge in [0.15, 0.2) is 15.6 Å². The van der Waals surface area contributed by atoms with Gasteiger partial charge < -0.3 is 24.8 Å². The number of amides is 1. The number of ether oxygens (including phenoxy) is 2. The van der Waals surface area contributed by atoms with E-state index < -0.39 is 17.8 Å². The van der Waals surface area contributed by atoms with E-state index in [2.05, 4.69) is 37.9 Å². The molecule has 1 aliphatic carbocycles. The van der Waals surface area contributed by atoms with Crippen molar-refractivity contribution in [2.45, 2.75) is 89.7 Å². The van der Waals surface area contributed by atoms with E-state index in [4.69, 9.17) is 19.4 Å². The SMILES string of the molecule is CC(C)(C)OC(=O)N[C@@H]1C[C@H](O)CC12CCN(c1cnc3c(I)nn(C4CCCCO4)c3n1)CC2. The van der Waals surface area contributed by atoms with E-state index >= 15 is 0 Å². The Bertz CT molecular complexity index is 1070. The minimum absolute atomic E-state index is 0.0939. The van der Waals surface area contributed by atoms with Crippen LogP contribution in [0.2, 0.25) is 0 Å². The maximum Gasteiger partial charge on any atom is 0.407 e. The molecular formula is C24H35IN6O4. The average molecular weight is 598 g/mol. The Labute approximate surface area is 219 Å². The quantitative estimate of drug-likeness (QED) is 0.514. The summed E-state index contributed by atoms with van der Waals surface area (Å²) in [4.78, 5) is 24.4. The summed E-state index contributed by atoms with van der Waals surface area (Å²) in [7, 11) is 0. The van der Waals surface area contributed by atoms with Crippen LogP contribution in [0.4, 0.5) is 10.6 Å². The fourth-order valence-corrected chi connectivity index (χ4v) is 6.36. The van der Waals surface area contributed by atoms with Gasteiger partial charge in [0.25, 0.3) is 0 Å². The lowest BCUT2D eigenvalue weighted by Crippen LogP contribution is -2.51. The third-order valence-electron chi connectivity index (χ3n) is 7.44. The van der Waals surface area contributed by atoms with Gasteiger partial charge in [0.2, 0.25) is 0 Å². The van der Waals surface area contributed by atoms with Crippen LogP contribution >= 0.6 is 22.6 Å². The van der Waals surface area contributed by atoms with Crippen molar-refractivity contribution in [2.75, 3.05) is 24.6 Å². The number of hydrogen-bond donors (Lipinski definition) is 2. The maximum atomic E-state index is 12.5. The van der Waals surface area contributed by atoms with E-state index in [-0.39, 0.29) is 17.7 Å². The molecule has 1 saturated carbocycles. The minimum Gasteiger partial charge on any atom is -0.444 e. The molecule has 2 aromatic heterocycles. The van der Waals surface area contributed by atoms with Crippen LogP contribution in [0.5, 0.6) is 0 Å². The van der Waals surface area contributed by atoms with Gasteiger partial charge in [-0.1, -0.05) is 0 Å². The molecule has 2 aliphatic heterocycles. The molecule has 11 heteroatoms. The van der Waals surface area contributed by atoms with E-state index in [0.717, 1.165) is 72.5 Å². The van der Waals surface area contributed by atoms with Crippen LogP contribution < -0.4 is 10.2 Å². The van der Waals surface area contributed by atoms with Crippen LogP contribution in [0.1, 0.15) is 71.9 Å². The van der Waals surface area contributed by atoms with Crippen molar-refractivity contribution in [3.05, 3.63) is 9.90 Å². The van der Waals surface area contributed by atoms with Gasteiger partial charge in [-0.05, 0) is 93.7 Å². The lowest BCUT2D eigenvalue weighted by atomic mass is 9.74. The topological polar surface area (TPSA) is 115 Å². The molecule has 1 amide bonds. The number of piperidine rings is 1. The number of aliphatic hydroxyl groups is 1. The zero-order valence-electron chi connectivity index (χ0n) is 20.7. The van der Waals surface area contributed by atoms with Crippen LogP contribution in [0.3, 0.4) is 0 Å². The van der Waals surface area contributed by atoms with Crippen molar-refractivity contribution in [2.24, 2.45) is 5.41 Å². The Morgan fingerprint density at radius 1 is 1.31 bits per heavy atom. The van der Waals surface area contributed by atoms with Crippen LogP contribution in [0, 0.1) is 9.12 Å². The second-order valence-electron chi connectivity index (χ2n) is 11.1. The number of nitrogens with zero attached hydrogens (tertiary/aromatic N) is 5. The van der Waals surface area contributed by atoms with Crippen molar-refractivity contribution >= 4 is 45.7 Å². The van der Waals surface area contributed by atoms with E-state index in [1.165, 1.54) is 0 Å². The van der Waals surface area contributed by atoms with Crippen molar-refractivity contribution < 1.29 is 19.4 Å². The third kappa shape index (κ3) is 5.22. The first-order valence-electron chi connectivity index (χ1n) is 12.6. The number of rotatable bonds is 3. The third-order valence-corrected chi connectivity index (χ3v) is 8.17. The zero-order valence-corrected chi connectivity index (χ0v) is 22.8. The number of aromatic nitrogens is 4. The summed E-state index contributed by atoms with van der Waals surface area (Å²) in [6.45, 7) is 7.88. The van der Waals surface area contributed by atoms with E-state index in [0.29, 0.717) is 12.8 Å². The maximum absolute atomic E-state index is 12.5. The molecule has 0 radical (unpaired) electrons. The largest absolute Gasteiger partial charge is 0.444 e. The van der Waals surface area contributed by atoms with E-state index in [9.17, 15) is 9.90 Å². The van der Waals surface area contributed by atoms with Gasteiger partial charge in [-0.15, -0.1) is 0 Å². The highest BCUT2D eigenvalue weighted by atomic mass is 127. The molecule has 3 atom stereocenters. The highest BCUT2D eigenvalue weighted by Crippen LogP contribution is 2.47. The van der Waals surface area contributed by atoms with Gasteiger partial charge in [-0.2, -0.15) is 5.10 Å². The number of anilines is 1. The smallest absolute Gasteiger partial charge is 0.407 e. The molecule has 35 heavy (non-hydrogen) atoms. The van der Waals surface area contributed by atoms with Crippen LogP contribution in [0.25, 0.3) is 11.2 Å². The van der Waals surface area contributed by atoms with E-state index in [1.54, 1.807) is 0 Å². The summed E-state index contributed by atoms with van der Waals surface area (Å²) < 4.78 is 14.2. The van der Waals surface area contributed by atoms with Crippen LogP contribution in [0.15, 0.2) is 6.20 Å². The predicted molar refractivity (Wildman–Crippen MR) is 139 cm³/mol. The first-order valence-corrected chi connectivity index (χ1v) is 13.7. The summed E-state index contributed by atoms with van der Waals surface area (Å²) in [6, 6.07) is -0.102. The summed E-state index contributed by atoms with van der Waals surface area (Å²) >= 11 is 2.21. The Morgan fingerprint density at radius 3 is 2.77 bits per heavy atom. The first-order chi connectivity index (χ1) is 16.6. The average Bonchev–Trinajstić information content (AvgIpc) is 3.29. The second kappa shape index (κ2) is 9.62. The molecular weight excluding hydrogens is 563 g/mol. The Hall–Kier alpha value is -1.73. The molecule has 10 nitrogen and oxygen atoms in total. The van der Waals surface area contributed by atoms with Crippen molar-refractivity contribution in [1.82, 2.24) is 25.1 Å². The van der Waals surface area contributed by atoms with Crippen molar-refractivity contribution in [3.8, 4) is 0 Å². The molecule has 2 N–H and O–H groups in total. The molecule has 4 heterocycles. The number of alkyl carbamates (subject to hydrolysis) is 1. The summed E-state index contributed by atoms with van der Waals surface area (Å²) in [5, 5.41) is 18.2.